The van der Waals surface area contributed by atoms with Gasteiger partial charge in [-0.3, -0.25) is 4.79 Å². The number of unbranched alkanes of at least 4 members (excludes halogenated alkanes) is 1. The van der Waals surface area contributed by atoms with E-state index in [-0.39, 0.29) is 5.91 Å². The average molecular weight is 370 g/mol. The van der Waals surface area contributed by atoms with Crippen molar-refractivity contribution in [3.63, 3.8) is 0 Å². The molecule has 2 rings (SSSR count). The molecule has 27 heavy (non-hydrogen) atoms. The SMILES string of the molecule is CCCCOc1ccc(C(=O)NCc2ccccc2CN(C)C)cc1OC. The number of rotatable bonds is 10. The van der Waals surface area contributed by atoms with Gasteiger partial charge in [0.2, 0.25) is 0 Å². The Kier molecular flexibility index (Phi) is 8.14. The number of carbonyl (C=O) groups excluding carboxylic acids is 1. The van der Waals surface area contributed by atoms with Gasteiger partial charge in [0.05, 0.1) is 13.7 Å². The maximum atomic E-state index is 12.6. The first kappa shape index (κ1) is 20.8. The maximum absolute atomic E-state index is 12.6. The van der Waals surface area contributed by atoms with Crippen LogP contribution >= 0.6 is 0 Å². The molecular formula is C22H30N2O3. The van der Waals surface area contributed by atoms with E-state index < -0.39 is 0 Å². The van der Waals surface area contributed by atoms with Gasteiger partial charge in [-0.15, -0.1) is 0 Å². The van der Waals surface area contributed by atoms with Gasteiger partial charge in [-0.25, -0.2) is 0 Å². The van der Waals surface area contributed by atoms with E-state index in [4.69, 9.17) is 9.47 Å². The number of hydrogen-bond acceptors (Lipinski definition) is 4. The molecular weight excluding hydrogens is 340 g/mol. The molecule has 5 nitrogen and oxygen atoms in total. The summed E-state index contributed by atoms with van der Waals surface area (Å²) in [5.41, 5.74) is 2.88. The van der Waals surface area contributed by atoms with Crippen LogP contribution in [-0.4, -0.2) is 38.6 Å². The first-order chi connectivity index (χ1) is 13.0. The van der Waals surface area contributed by atoms with Crippen molar-refractivity contribution in [3.05, 3.63) is 59.2 Å². The lowest BCUT2D eigenvalue weighted by Gasteiger charge is -2.15. The molecule has 0 aromatic heterocycles. The molecule has 0 radical (unpaired) electrons. The summed E-state index contributed by atoms with van der Waals surface area (Å²) in [6, 6.07) is 13.4. The van der Waals surface area contributed by atoms with Crippen LogP contribution in [0.2, 0.25) is 0 Å². The van der Waals surface area contributed by atoms with Crippen molar-refractivity contribution >= 4 is 5.91 Å². The largest absolute Gasteiger partial charge is 0.493 e. The second kappa shape index (κ2) is 10.6. The molecule has 2 aromatic carbocycles. The summed E-state index contributed by atoms with van der Waals surface area (Å²) >= 11 is 0. The van der Waals surface area contributed by atoms with Gasteiger partial charge in [-0.2, -0.15) is 0 Å². The van der Waals surface area contributed by atoms with Crippen LogP contribution < -0.4 is 14.8 Å². The summed E-state index contributed by atoms with van der Waals surface area (Å²) in [7, 11) is 5.65. The Bertz CT molecular complexity index is 744. The molecule has 0 saturated carbocycles. The van der Waals surface area contributed by atoms with Gasteiger partial charge in [-0.05, 0) is 49.8 Å². The summed E-state index contributed by atoms with van der Waals surface area (Å²) in [5.74, 6) is 1.11. The third-order valence-electron chi connectivity index (χ3n) is 4.23. The highest BCUT2D eigenvalue weighted by Gasteiger charge is 2.12. The molecule has 0 fully saturated rings. The molecule has 0 aliphatic rings. The van der Waals surface area contributed by atoms with Gasteiger partial charge < -0.3 is 19.7 Å². The van der Waals surface area contributed by atoms with Crippen molar-refractivity contribution in [2.75, 3.05) is 27.8 Å². The van der Waals surface area contributed by atoms with Crippen molar-refractivity contribution < 1.29 is 14.3 Å². The Morgan fingerprint density at radius 3 is 2.48 bits per heavy atom. The topological polar surface area (TPSA) is 50.8 Å². The fourth-order valence-corrected chi connectivity index (χ4v) is 2.76. The van der Waals surface area contributed by atoms with Crippen molar-refractivity contribution in [1.82, 2.24) is 10.2 Å². The van der Waals surface area contributed by atoms with Crippen LogP contribution in [0, 0.1) is 0 Å². The number of ether oxygens (including phenoxy) is 2. The number of benzene rings is 2. The normalized spacial score (nSPS) is 10.7. The molecule has 2 aromatic rings. The molecule has 146 valence electrons. The lowest BCUT2D eigenvalue weighted by Crippen LogP contribution is -2.24. The molecule has 0 aliphatic carbocycles. The monoisotopic (exact) mass is 370 g/mol. The van der Waals surface area contributed by atoms with E-state index in [0.29, 0.717) is 30.2 Å². The first-order valence-corrected chi connectivity index (χ1v) is 9.35. The highest BCUT2D eigenvalue weighted by molar-refractivity contribution is 5.94. The lowest BCUT2D eigenvalue weighted by molar-refractivity contribution is 0.0950. The van der Waals surface area contributed by atoms with Crippen LogP contribution in [0.15, 0.2) is 42.5 Å². The third kappa shape index (κ3) is 6.29. The fourth-order valence-electron chi connectivity index (χ4n) is 2.76. The van der Waals surface area contributed by atoms with Gasteiger partial charge in [0, 0.05) is 18.7 Å². The molecule has 0 unspecified atom stereocenters. The number of nitrogens with one attached hydrogen (secondary N) is 1. The van der Waals surface area contributed by atoms with Crippen molar-refractivity contribution in [2.24, 2.45) is 0 Å². The van der Waals surface area contributed by atoms with E-state index in [0.717, 1.165) is 24.9 Å². The van der Waals surface area contributed by atoms with Crippen LogP contribution in [0.5, 0.6) is 11.5 Å². The van der Waals surface area contributed by atoms with E-state index in [9.17, 15) is 4.79 Å². The van der Waals surface area contributed by atoms with Crippen molar-refractivity contribution in [2.45, 2.75) is 32.9 Å². The Balaban J connectivity index is 2.04. The van der Waals surface area contributed by atoms with Crippen LogP contribution in [0.4, 0.5) is 0 Å². The summed E-state index contributed by atoms with van der Waals surface area (Å²) in [4.78, 5) is 14.7. The molecule has 0 atom stereocenters. The zero-order valence-corrected chi connectivity index (χ0v) is 16.7. The third-order valence-corrected chi connectivity index (χ3v) is 4.23. The summed E-state index contributed by atoms with van der Waals surface area (Å²) in [6.45, 7) is 4.08. The molecule has 1 N–H and O–H groups in total. The summed E-state index contributed by atoms with van der Waals surface area (Å²) < 4.78 is 11.1. The van der Waals surface area contributed by atoms with Gasteiger partial charge >= 0.3 is 0 Å². The van der Waals surface area contributed by atoms with E-state index >= 15 is 0 Å². The molecule has 0 aliphatic heterocycles. The van der Waals surface area contributed by atoms with Gasteiger partial charge in [-0.1, -0.05) is 37.6 Å². The highest BCUT2D eigenvalue weighted by atomic mass is 16.5. The van der Waals surface area contributed by atoms with E-state index in [1.165, 1.54) is 5.56 Å². The molecule has 1 amide bonds. The number of methoxy groups -OCH3 is 1. The minimum absolute atomic E-state index is 0.131. The predicted octanol–water partition coefficient (Wildman–Crippen LogP) is 3.87. The Morgan fingerprint density at radius 1 is 1.07 bits per heavy atom. The van der Waals surface area contributed by atoms with Crippen LogP contribution in [0.1, 0.15) is 41.3 Å². The lowest BCUT2D eigenvalue weighted by atomic mass is 10.1. The van der Waals surface area contributed by atoms with Crippen LogP contribution in [0.25, 0.3) is 0 Å². The standard InChI is InChI=1S/C22H30N2O3/c1-5-6-13-27-20-12-11-17(14-21(20)26-4)22(25)23-15-18-9-7-8-10-19(18)16-24(2)3/h7-12,14H,5-6,13,15-16H2,1-4H3,(H,23,25). The quantitative estimate of drug-likeness (QED) is 0.645. The number of nitrogens with zero attached hydrogens (tertiary/aromatic N) is 1. The number of hydrogen-bond donors (Lipinski definition) is 1. The average Bonchev–Trinajstić information content (AvgIpc) is 2.67. The van der Waals surface area contributed by atoms with Gasteiger partial charge in [0.1, 0.15) is 0 Å². The van der Waals surface area contributed by atoms with E-state index in [1.54, 1.807) is 25.3 Å². The predicted molar refractivity (Wildman–Crippen MR) is 108 cm³/mol. The molecule has 0 bridgehead atoms. The zero-order chi connectivity index (χ0) is 19.6. The van der Waals surface area contributed by atoms with E-state index in [2.05, 4.69) is 23.2 Å². The Labute approximate surface area is 162 Å². The molecule has 5 heteroatoms. The van der Waals surface area contributed by atoms with Crippen LogP contribution in [0.3, 0.4) is 0 Å². The minimum atomic E-state index is -0.131. The van der Waals surface area contributed by atoms with Crippen molar-refractivity contribution in [3.8, 4) is 11.5 Å². The van der Waals surface area contributed by atoms with E-state index in [1.807, 2.05) is 32.3 Å². The maximum Gasteiger partial charge on any atom is 0.251 e. The second-order valence-electron chi connectivity index (χ2n) is 6.76. The highest BCUT2D eigenvalue weighted by Crippen LogP contribution is 2.28. The number of amides is 1. The molecule has 0 spiro atoms. The van der Waals surface area contributed by atoms with Crippen LogP contribution in [-0.2, 0) is 13.1 Å². The summed E-state index contributed by atoms with van der Waals surface area (Å²) in [5, 5.41) is 3.00. The minimum Gasteiger partial charge on any atom is -0.493 e. The first-order valence-electron chi connectivity index (χ1n) is 9.35. The van der Waals surface area contributed by atoms with Gasteiger partial charge in [0.15, 0.2) is 11.5 Å². The summed E-state index contributed by atoms with van der Waals surface area (Å²) in [6.07, 6.45) is 2.05. The van der Waals surface area contributed by atoms with Gasteiger partial charge in [0.25, 0.3) is 5.91 Å². The smallest absolute Gasteiger partial charge is 0.251 e. The Morgan fingerprint density at radius 2 is 1.81 bits per heavy atom. The van der Waals surface area contributed by atoms with Crippen molar-refractivity contribution in [1.29, 1.82) is 0 Å². The number of carbonyl (C=O) groups is 1. The Hall–Kier alpha value is -2.53. The fraction of sp³-hybridized carbons (Fsp3) is 0.409. The second-order valence-corrected chi connectivity index (χ2v) is 6.76. The zero-order valence-electron chi connectivity index (χ0n) is 16.7. The molecule has 0 saturated heterocycles. The molecule has 0 heterocycles.